The smallest absolute Gasteiger partial charge is 0.240 e. The highest BCUT2D eigenvalue weighted by Crippen LogP contribution is 2.17. The molecule has 3 rings (SSSR count). The number of halogens is 1. The van der Waals surface area contributed by atoms with Gasteiger partial charge >= 0.3 is 0 Å². The fraction of sp³-hybridized carbons (Fsp3) is 0.438. The fourth-order valence-corrected chi connectivity index (χ4v) is 2.61. The van der Waals surface area contributed by atoms with Gasteiger partial charge in [0.25, 0.3) is 0 Å². The van der Waals surface area contributed by atoms with Gasteiger partial charge in [-0.3, -0.25) is 4.90 Å². The van der Waals surface area contributed by atoms with Gasteiger partial charge in [-0.1, -0.05) is 23.7 Å². The number of benzene rings is 1. The molecule has 0 saturated heterocycles. The Morgan fingerprint density at radius 2 is 2.13 bits per heavy atom. The molecule has 7 heteroatoms. The molecular formula is C16H20ClN5O. The molecule has 2 aromatic heterocycles. The van der Waals surface area contributed by atoms with Gasteiger partial charge in [0.2, 0.25) is 5.89 Å². The van der Waals surface area contributed by atoms with Gasteiger partial charge in [-0.15, -0.1) is 0 Å². The van der Waals surface area contributed by atoms with E-state index in [1.807, 2.05) is 25.2 Å². The highest BCUT2D eigenvalue weighted by atomic mass is 35.5. The van der Waals surface area contributed by atoms with E-state index in [1.165, 1.54) is 0 Å². The van der Waals surface area contributed by atoms with Crippen LogP contribution in [0.2, 0.25) is 5.02 Å². The monoisotopic (exact) mass is 333 g/mol. The maximum Gasteiger partial charge on any atom is 0.240 e. The van der Waals surface area contributed by atoms with E-state index >= 15 is 0 Å². The minimum absolute atomic E-state index is 0.642. The second-order valence-corrected chi connectivity index (χ2v) is 6.12. The van der Waals surface area contributed by atoms with Crippen molar-refractivity contribution in [1.29, 1.82) is 0 Å². The molecule has 6 nitrogen and oxygen atoms in total. The van der Waals surface area contributed by atoms with Crippen LogP contribution in [-0.2, 0) is 19.4 Å². The zero-order chi connectivity index (χ0) is 16.2. The summed E-state index contributed by atoms with van der Waals surface area (Å²) in [4.78, 5) is 14.4. The minimum Gasteiger partial charge on any atom is -0.342 e. The van der Waals surface area contributed by atoms with E-state index < -0.39 is 0 Å². The van der Waals surface area contributed by atoms with Crippen molar-refractivity contribution in [3.63, 3.8) is 0 Å². The average molecular weight is 334 g/mol. The first-order chi connectivity index (χ1) is 11.1. The van der Waals surface area contributed by atoms with E-state index in [1.54, 1.807) is 0 Å². The number of likely N-dealkylation sites (N-methyl/N-ethyl adjacent to an activating group) is 1. The number of hydrogen-bond acceptors (Lipinski definition) is 5. The number of rotatable bonds is 7. The molecule has 0 unspecified atom stereocenters. The standard InChI is InChI=1S/C16H20ClN5O/c1-3-4-15-20-16(23-21-15)10-22(2)8-7-14-18-12-6-5-11(17)9-13(12)19-14/h5-6,9H,3-4,7-8,10H2,1-2H3,(H,18,19). The lowest BCUT2D eigenvalue weighted by atomic mass is 10.3. The highest BCUT2D eigenvalue weighted by molar-refractivity contribution is 6.31. The number of aromatic amines is 1. The van der Waals surface area contributed by atoms with Crippen LogP contribution >= 0.6 is 11.6 Å². The van der Waals surface area contributed by atoms with Crippen LogP contribution < -0.4 is 0 Å². The van der Waals surface area contributed by atoms with Crippen molar-refractivity contribution in [3.8, 4) is 0 Å². The summed E-state index contributed by atoms with van der Waals surface area (Å²) in [5.74, 6) is 2.39. The van der Waals surface area contributed by atoms with Gasteiger partial charge in [0.05, 0.1) is 17.6 Å². The molecule has 122 valence electrons. The Balaban J connectivity index is 1.55. The predicted octanol–water partition coefficient (Wildman–Crippen LogP) is 3.23. The lowest BCUT2D eigenvalue weighted by molar-refractivity contribution is 0.267. The summed E-state index contributed by atoms with van der Waals surface area (Å²) in [6, 6.07) is 5.67. The van der Waals surface area contributed by atoms with Crippen LogP contribution in [0.15, 0.2) is 22.7 Å². The SMILES string of the molecule is CCCc1noc(CN(C)CCc2nc3ccc(Cl)cc3[nH]2)n1. The summed E-state index contributed by atoms with van der Waals surface area (Å²) >= 11 is 5.99. The van der Waals surface area contributed by atoms with Gasteiger partial charge in [0, 0.05) is 24.4 Å². The number of aromatic nitrogens is 4. The zero-order valence-corrected chi connectivity index (χ0v) is 14.1. The molecule has 23 heavy (non-hydrogen) atoms. The van der Waals surface area contributed by atoms with E-state index in [-0.39, 0.29) is 0 Å². The van der Waals surface area contributed by atoms with Gasteiger partial charge in [-0.05, 0) is 31.7 Å². The Bertz CT molecular complexity index is 782. The largest absolute Gasteiger partial charge is 0.342 e. The quantitative estimate of drug-likeness (QED) is 0.718. The maximum absolute atomic E-state index is 5.99. The van der Waals surface area contributed by atoms with Crippen LogP contribution in [0.25, 0.3) is 11.0 Å². The number of fused-ring (bicyclic) bond motifs is 1. The van der Waals surface area contributed by atoms with Gasteiger partial charge in [0.1, 0.15) is 5.82 Å². The van der Waals surface area contributed by atoms with Gasteiger partial charge in [0.15, 0.2) is 5.82 Å². The van der Waals surface area contributed by atoms with Crippen LogP contribution in [0.4, 0.5) is 0 Å². The summed E-state index contributed by atoms with van der Waals surface area (Å²) in [7, 11) is 2.03. The third-order valence-electron chi connectivity index (χ3n) is 3.61. The van der Waals surface area contributed by atoms with Crippen molar-refractivity contribution >= 4 is 22.6 Å². The Hall–Kier alpha value is -1.92. The summed E-state index contributed by atoms with van der Waals surface area (Å²) in [6.07, 6.45) is 2.69. The lowest BCUT2D eigenvalue weighted by Gasteiger charge is -2.12. The van der Waals surface area contributed by atoms with Crippen molar-refractivity contribution in [2.75, 3.05) is 13.6 Å². The summed E-state index contributed by atoms with van der Waals surface area (Å²) in [6.45, 7) is 3.59. The average Bonchev–Trinajstić information content (AvgIpc) is 3.11. The molecule has 0 bridgehead atoms. The van der Waals surface area contributed by atoms with Gasteiger partial charge < -0.3 is 9.51 Å². The molecule has 2 heterocycles. The molecule has 1 N–H and O–H groups in total. The molecule has 3 aromatic rings. The number of nitrogens with one attached hydrogen (secondary N) is 1. The van der Waals surface area contributed by atoms with Crippen LogP contribution in [0.1, 0.15) is 30.9 Å². The minimum atomic E-state index is 0.642. The predicted molar refractivity (Wildman–Crippen MR) is 89.4 cm³/mol. The molecule has 0 saturated carbocycles. The summed E-state index contributed by atoms with van der Waals surface area (Å²) in [5.41, 5.74) is 1.91. The number of aryl methyl sites for hydroxylation is 1. The third kappa shape index (κ3) is 4.09. The Morgan fingerprint density at radius 1 is 1.26 bits per heavy atom. The first kappa shape index (κ1) is 16.0. The topological polar surface area (TPSA) is 70.8 Å². The lowest BCUT2D eigenvalue weighted by Crippen LogP contribution is -2.21. The van der Waals surface area contributed by atoms with Gasteiger partial charge in [-0.25, -0.2) is 4.98 Å². The summed E-state index contributed by atoms with van der Waals surface area (Å²) in [5, 5.41) is 4.68. The maximum atomic E-state index is 5.99. The molecule has 0 aliphatic carbocycles. The number of imidazole rings is 1. The second-order valence-electron chi connectivity index (χ2n) is 5.69. The zero-order valence-electron chi connectivity index (χ0n) is 13.3. The van der Waals surface area contributed by atoms with Crippen molar-refractivity contribution in [2.24, 2.45) is 0 Å². The van der Waals surface area contributed by atoms with Crippen LogP contribution in [0.3, 0.4) is 0 Å². The first-order valence-electron chi connectivity index (χ1n) is 7.78. The molecule has 0 atom stereocenters. The molecule has 0 radical (unpaired) electrons. The van der Waals surface area contributed by atoms with Crippen molar-refractivity contribution < 1.29 is 4.52 Å². The molecule has 0 aliphatic heterocycles. The molecule has 0 amide bonds. The first-order valence-corrected chi connectivity index (χ1v) is 8.16. The van der Waals surface area contributed by atoms with Gasteiger partial charge in [-0.2, -0.15) is 4.98 Å². The third-order valence-corrected chi connectivity index (χ3v) is 3.85. The number of hydrogen-bond donors (Lipinski definition) is 1. The number of nitrogens with zero attached hydrogens (tertiary/aromatic N) is 4. The fourth-order valence-electron chi connectivity index (χ4n) is 2.44. The Labute approximate surface area is 139 Å². The second kappa shape index (κ2) is 7.10. The number of H-pyrrole nitrogens is 1. The van der Waals surface area contributed by atoms with E-state index in [2.05, 4.69) is 31.9 Å². The van der Waals surface area contributed by atoms with Crippen LogP contribution in [0.5, 0.6) is 0 Å². The van der Waals surface area contributed by atoms with E-state index in [0.717, 1.165) is 48.5 Å². The van der Waals surface area contributed by atoms with E-state index in [4.69, 9.17) is 16.1 Å². The van der Waals surface area contributed by atoms with Crippen molar-refractivity contribution in [2.45, 2.75) is 32.7 Å². The van der Waals surface area contributed by atoms with Crippen LogP contribution in [-0.4, -0.2) is 38.6 Å². The normalized spacial score (nSPS) is 11.7. The van der Waals surface area contributed by atoms with E-state index in [0.29, 0.717) is 17.5 Å². The molecule has 0 spiro atoms. The molecular weight excluding hydrogens is 314 g/mol. The highest BCUT2D eigenvalue weighted by Gasteiger charge is 2.10. The molecule has 0 fully saturated rings. The summed E-state index contributed by atoms with van der Waals surface area (Å²) < 4.78 is 5.26. The molecule has 1 aromatic carbocycles. The van der Waals surface area contributed by atoms with Crippen molar-refractivity contribution in [3.05, 3.63) is 40.8 Å². The Kier molecular flexibility index (Phi) is 4.93. The van der Waals surface area contributed by atoms with Crippen LogP contribution in [0, 0.1) is 0 Å². The van der Waals surface area contributed by atoms with E-state index in [9.17, 15) is 0 Å². The van der Waals surface area contributed by atoms with Crippen molar-refractivity contribution in [1.82, 2.24) is 25.0 Å². The Morgan fingerprint density at radius 3 is 2.96 bits per heavy atom. The molecule has 0 aliphatic rings.